The Bertz CT molecular complexity index is 121. The number of aldehydes is 1. The monoisotopic (exact) mass is 122 g/mol. The summed E-state index contributed by atoms with van der Waals surface area (Å²) in [5.74, 6) is 0. The molecule has 4 nitrogen and oxygen atoms in total. The lowest BCUT2D eigenvalue weighted by atomic mass is 10.2. The summed E-state index contributed by atoms with van der Waals surface area (Å²) < 4.78 is 12.8. The van der Waals surface area contributed by atoms with Crippen molar-refractivity contribution in [2.45, 2.75) is 12.2 Å². The lowest BCUT2D eigenvalue weighted by Crippen LogP contribution is -2.30. The van der Waals surface area contributed by atoms with E-state index in [0.717, 1.165) is 0 Å². The van der Waals surface area contributed by atoms with Gasteiger partial charge in [-0.15, -0.1) is 0 Å². The van der Waals surface area contributed by atoms with Crippen LogP contribution in [0.5, 0.6) is 0 Å². The third-order valence-corrected chi connectivity index (χ3v) is 0.595. The molecule has 0 aromatic carbocycles. The van der Waals surface area contributed by atoms with Crippen molar-refractivity contribution in [1.29, 1.82) is 0 Å². The molecule has 0 aliphatic carbocycles. The van der Waals surface area contributed by atoms with Gasteiger partial charge in [0.2, 0.25) is 0 Å². The maximum atomic E-state index is 9.71. The molecule has 2 atom stereocenters. The van der Waals surface area contributed by atoms with Crippen LogP contribution in [0, 0.1) is 0 Å². The van der Waals surface area contributed by atoms with E-state index in [-0.39, 0.29) is 6.29 Å². The zero-order valence-electron chi connectivity index (χ0n) is 5.98. The van der Waals surface area contributed by atoms with Crippen LogP contribution in [-0.4, -0.2) is 40.4 Å². The molecule has 0 bridgehead atoms. The van der Waals surface area contributed by atoms with E-state index in [0.29, 0.717) is 0 Å². The highest BCUT2D eigenvalue weighted by molar-refractivity contribution is 5.56. The molecule has 48 valence electrons. The van der Waals surface area contributed by atoms with Crippen molar-refractivity contribution in [3.63, 3.8) is 0 Å². The fraction of sp³-hybridized carbons (Fsp3) is 0.750. The summed E-state index contributed by atoms with van der Waals surface area (Å²) in [7, 11) is 0. The van der Waals surface area contributed by atoms with Crippen molar-refractivity contribution in [3.05, 3.63) is 0 Å². The van der Waals surface area contributed by atoms with Gasteiger partial charge in [0.1, 0.15) is 12.2 Å². The van der Waals surface area contributed by atoms with E-state index in [2.05, 4.69) is 0 Å². The molecule has 0 saturated heterocycles. The van der Waals surface area contributed by atoms with Crippen molar-refractivity contribution in [3.8, 4) is 0 Å². The van der Waals surface area contributed by atoms with Crippen LogP contribution in [-0.2, 0) is 4.79 Å². The van der Waals surface area contributed by atoms with Crippen molar-refractivity contribution in [1.82, 2.24) is 0 Å². The summed E-state index contributed by atoms with van der Waals surface area (Å²) in [5, 5.41) is 25.3. The Hall–Kier alpha value is -0.450. The predicted octanol–water partition coefficient (Wildman–Crippen LogP) is -2.10. The number of aliphatic hydroxyl groups is 3. The third-order valence-electron chi connectivity index (χ3n) is 0.595. The minimum Gasteiger partial charge on any atom is -0.394 e. The Labute approximate surface area is 49.2 Å². The van der Waals surface area contributed by atoms with Crippen LogP contribution in [0.25, 0.3) is 0 Å². The van der Waals surface area contributed by atoms with Crippen LogP contribution >= 0.6 is 0 Å². The summed E-state index contributed by atoms with van der Waals surface area (Å²) in [6, 6.07) is 0. The average molecular weight is 122 g/mol. The standard InChI is InChI=1S/C4H8O4/c5-1-3(7)4(8)2-6/h1,3-4,6-8H,2H2/t3-,4+/m0/s1/i2D2. The maximum absolute atomic E-state index is 9.71. The molecule has 4 heteroatoms. The normalized spacial score (nSPS) is 22.9. The second-order valence-electron chi connectivity index (χ2n) is 1.20. The van der Waals surface area contributed by atoms with Gasteiger partial charge in [-0.2, -0.15) is 0 Å². The lowest BCUT2D eigenvalue weighted by Gasteiger charge is -2.06. The van der Waals surface area contributed by atoms with Gasteiger partial charge in [-0.05, 0) is 0 Å². The van der Waals surface area contributed by atoms with Crippen LogP contribution in [0.1, 0.15) is 2.74 Å². The molecule has 0 heterocycles. The van der Waals surface area contributed by atoms with Gasteiger partial charge in [0, 0.05) is 0 Å². The van der Waals surface area contributed by atoms with Gasteiger partial charge in [0.15, 0.2) is 6.29 Å². The van der Waals surface area contributed by atoms with Gasteiger partial charge in [0.25, 0.3) is 0 Å². The van der Waals surface area contributed by atoms with Gasteiger partial charge in [-0.1, -0.05) is 0 Å². The van der Waals surface area contributed by atoms with Gasteiger partial charge in [0.05, 0.1) is 9.30 Å². The van der Waals surface area contributed by atoms with Gasteiger partial charge in [-0.3, -0.25) is 0 Å². The largest absolute Gasteiger partial charge is 0.394 e. The van der Waals surface area contributed by atoms with Gasteiger partial charge in [-0.25, -0.2) is 0 Å². The molecule has 0 saturated carbocycles. The average Bonchev–Trinajstić information content (AvgIpc) is 1.83. The molecule has 0 aliphatic rings. The maximum Gasteiger partial charge on any atom is 0.151 e. The number of rotatable bonds is 3. The van der Waals surface area contributed by atoms with E-state index in [1.54, 1.807) is 0 Å². The van der Waals surface area contributed by atoms with Crippen molar-refractivity contribution < 1.29 is 22.9 Å². The third kappa shape index (κ3) is 2.02. The molecule has 0 rings (SSSR count). The molecule has 0 fully saturated rings. The molecule has 0 amide bonds. The zero-order chi connectivity index (χ0) is 8.36. The first-order chi connectivity index (χ1) is 4.39. The molecule has 0 aliphatic heterocycles. The zero-order valence-corrected chi connectivity index (χ0v) is 3.98. The highest BCUT2D eigenvalue weighted by Gasteiger charge is 2.12. The first kappa shape index (κ1) is 4.43. The van der Waals surface area contributed by atoms with Gasteiger partial charge >= 0.3 is 0 Å². The Balaban J connectivity index is 4.07. The summed E-state index contributed by atoms with van der Waals surface area (Å²) in [6.45, 7) is -2.94. The van der Waals surface area contributed by atoms with E-state index < -0.39 is 18.8 Å². The molecular formula is C4H8O4. The highest BCUT2D eigenvalue weighted by atomic mass is 16.4. The first-order valence-corrected chi connectivity index (χ1v) is 1.93. The topological polar surface area (TPSA) is 77.8 Å². The lowest BCUT2D eigenvalue weighted by molar-refractivity contribution is -0.121. The molecule has 0 aromatic rings. The smallest absolute Gasteiger partial charge is 0.151 e. The van der Waals surface area contributed by atoms with Crippen molar-refractivity contribution >= 4 is 6.29 Å². The van der Waals surface area contributed by atoms with Crippen LogP contribution < -0.4 is 0 Å². The number of aliphatic hydroxyl groups excluding tert-OH is 2. The first-order valence-electron chi connectivity index (χ1n) is 2.93. The molecular weight excluding hydrogens is 112 g/mol. The number of hydrogen-bond acceptors (Lipinski definition) is 4. The minimum atomic E-state index is -2.94. The second-order valence-corrected chi connectivity index (χ2v) is 1.20. The van der Waals surface area contributed by atoms with E-state index in [4.69, 9.17) is 18.1 Å². The molecule has 8 heavy (non-hydrogen) atoms. The van der Waals surface area contributed by atoms with Crippen LogP contribution in [0.3, 0.4) is 0 Å². The van der Waals surface area contributed by atoms with E-state index in [9.17, 15) is 4.79 Å². The van der Waals surface area contributed by atoms with Crippen molar-refractivity contribution in [2.75, 3.05) is 6.56 Å². The Kier molecular flexibility index (Phi) is 1.96. The molecule has 3 N–H and O–H groups in total. The van der Waals surface area contributed by atoms with E-state index >= 15 is 0 Å². The van der Waals surface area contributed by atoms with Crippen LogP contribution in [0.4, 0.5) is 0 Å². The summed E-state index contributed by atoms with van der Waals surface area (Å²) in [5.41, 5.74) is 0. The molecule has 0 unspecified atom stereocenters. The fourth-order valence-corrected chi connectivity index (χ4v) is 0.151. The van der Waals surface area contributed by atoms with Crippen LogP contribution in [0.15, 0.2) is 0 Å². The molecule has 0 radical (unpaired) electrons. The van der Waals surface area contributed by atoms with Gasteiger partial charge < -0.3 is 20.1 Å². The summed E-state index contributed by atoms with van der Waals surface area (Å²) >= 11 is 0. The van der Waals surface area contributed by atoms with E-state index in [1.807, 2.05) is 0 Å². The number of carbonyl (C=O) groups excluding carboxylic acids is 1. The molecule has 0 aromatic heterocycles. The summed E-state index contributed by atoms with van der Waals surface area (Å²) in [4.78, 5) is 9.71. The van der Waals surface area contributed by atoms with Crippen molar-refractivity contribution in [2.24, 2.45) is 0 Å². The summed E-state index contributed by atoms with van der Waals surface area (Å²) in [6.07, 6.45) is -4.04. The Morgan fingerprint density at radius 1 is 1.75 bits per heavy atom. The quantitative estimate of drug-likeness (QED) is 0.375. The number of carbonyl (C=O) groups is 1. The SMILES string of the molecule is [2H]C([2H])(O)[C@@H](O)[C@@H](O)C=O. The minimum absolute atomic E-state index is 0.0568. The Morgan fingerprint density at radius 2 is 2.25 bits per heavy atom. The van der Waals surface area contributed by atoms with Crippen LogP contribution in [0.2, 0.25) is 0 Å². The second kappa shape index (κ2) is 3.54. The fourth-order valence-electron chi connectivity index (χ4n) is 0.151. The highest BCUT2D eigenvalue weighted by Crippen LogP contribution is 1.85. The Morgan fingerprint density at radius 3 is 2.38 bits per heavy atom. The number of hydrogen-bond donors (Lipinski definition) is 3. The predicted molar refractivity (Wildman–Crippen MR) is 25.2 cm³/mol. The molecule has 0 spiro atoms. The van der Waals surface area contributed by atoms with E-state index in [1.165, 1.54) is 0 Å².